The highest BCUT2D eigenvalue weighted by Gasteiger charge is 2.44. The molecular formula is C22H36O4S. The Balaban J connectivity index is 1.97. The van der Waals surface area contributed by atoms with Crippen LogP contribution in [0.2, 0.25) is 0 Å². The van der Waals surface area contributed by atoms with Crippen LogP contribution < -0.4 is 0 Å². The summed E-state index contributed by atoms with van der Waals surface area (Å²) in [4.78, 5) is 0. The third kappa shape index (κ3) is 6.67. The Morgan fingerprint density at radius 2 is 1.81 bits per heavy atom. The minimum absolute atomic E-state index is 0.00601. The Bertz CT molecular complexity index is 608. The average molecular weight is 397 g/mol. The first-order valence-corrected chi connectivity index (χ1v) is 11.2. The maximum atomic E-state index is 12.7. The van der Waals surface area contributed by atoms with Crippen LogP contribution in [0.15, 0.2) is 30.3 Å². The average Bonchev–Trinajstić information content (AvgIpc) is 2.57. The van der Waals surface area contributed by atoms with Gasteiger partial charge < -0.3 is 14.2 Å². The molecule has 0 aromatic heterocycles. The molecule has 5 atom stereocenters. The number of hydrogen-bond acceptors (Lipinski definition) is 4. The van der Waals surface area contributed by atoms with Crippen LogP contribution in [-0.2, 0) is 31.6 Å². The van der Waals surface area contributed by atoms with Crippen LogP contribution in [0.4, 0.5) is 0 Å². The van der Waals surface area contributed by atoms with Crippen molar-refractivity contribution in [2.45, 2.75) is 77.8 Å². The standard InChI is InChI=1S/C22H36O4S/c1-16(13-24-14-18-11-9-8-10-12-18)20-17(2)19(25-22(6,7)26-20)15-27(23)21(3,4)5/h8-12,16-17,19-20H,13-15H2,1-7H3/t16-,17-,19+,20-,27+/m0/s1. The second kappa shape index (κ2) is 9.17. The van der Waals surface area contributed by atoms with Gasteiger partial charge in [-0.25, -0.2) is 0 Å². The van der Waals surface area contributed by atoms with E-state index in [4.69, 9.17) is 14.2 Å². The molecule has 1 aromatic carbocycles. The van der Waals surface area contributed by atoms with Crippen molar-refractivity contribution in [1.29, 1.82) is 0 Å². The molecule has 1 aromatic rings. The molecule has 0 saturated carbocycles. The van der Waals surface area contributed by atoms with E-state index in [0.29, 0.717) is 19.0 Å². The number of rotatable bonds is 7. The van der Waals surface area contributed by atoms with Crippen molar-refractivity contribution >= 4 is 10.8 Å². The minimum Gasteiger partial charge on any atom is -0.376 e. The zero-order chi connectivity index (χ0) is 20.2. The van der Waals surface area contributed by atoms with E-state index in [-0.39, 0.29) is 28.8 Å². The highest BCUT2D eigenvalue weighted by atomic mass is 32.2. The first-order valence-electron chi connectivity index (χ1n) is 9.85. The quantitative estimate of drug-likeness (QED) is 0.679. The third-order valence-corrected chi connectivity index (χ3v) is 7.01. The van der Waals surface area contributed by atoms with E-state index in [9.17, 15) is 4.21 Å². The van der Waals surface area contributed by atoms with E-state index in [2.05, 4.69) is 26.0 Å². The Morgan fingerprint density at radius 3 is 2.41 bits per heavy atom. The van der Waals surface area contributed by atoms with Gasteiger partial charge in [-0.1, -0.05) is 44.2 Å². The molecular weight excluding hydrogens is 360 g/mol. The molecule has 1 aliphatic heterocycles. The normalized spacial score (nSPS) is 27.9. The Labute approximate surface area is 167 Å². The monoisotopic (exact) mass is 396 g/mol. The molecule has 1 aliphatic rings. The summed E-state index contributed by atoms with van der Waals surface area (Å²) in [5.74, 6) is 0.223. The molecule has 0 radical (unpaired) electrons. The summed E-state index contributed by atoms with van der Waals surface area (Å²) in [5, 5.41) is 0. The SMILES string of the molecule is C[C@@H]1[C@H]([C@@H](C)COCc2ccccc2)OC(C)(C)O[C@@H]1C[S@@](=O)C(C)(C)C. The fourth-order valence-electron chi connectivity index (χ4n) is 3.40. The van der Waals surface area contributed by atoms with Gasteiger partial charge in [-0.05, 0) is 40.2 Å². The van der Waals surface area contributed by atoms with Crippen LogP contribution in [0.1, 0.15) is 54.0 Å². The lowest BCUT2D eigenvalue weighted by atomic mass is 9.88. The predicted molar refractivity (Wildman–Crippen MR) is 111 cm³/mol. The molecule has 1 heterocycles. The predicted octanol–water partition coefficient (Wildman–Crippen LogP) is 4.54. The summed E-state index contributed by atoms with van der Waals surface area (Å²) in [6, 6.07) is 10.2. The lowest BCUT2D eigenvalue weighted by Gasteiger charge is -2.47. The van der Waals surface area contributed by atoms with Crippen LogP contribution in [0, 0.1) is 11.8 Å². The zero-order valence-electron chi connectivity index (χ0n) is 17.9. The van der Waals surface area contributed by atoms with Crippen molar-refractivity contribution in [1.82, 2.24) is 0 Å². The zero-order valence-corrected chi connectivity index (χ0v) is 18.7. The van der Waals surface area contributed by atoms with Gasteiger partial charge in [0.2, 0.25) is 0 Å². The van der Waals surface area contributed by atoms with Crippen LogP contribution >= 0.6 is 0 Å². The van der Waals surface area contributed by atoms with Crippen molar-refractivity contribution in [3.05, 3.63) is 35.9 Å². The van der Waals surface area contributed by atoms with Gasteiger partial charge in [-0.15, -0.1) is 0 Å². The van der Waals surface area contributed by atoms with Crippen LogP contribution in [0.25, 0.3) is 0 Å². The molecule has 1 fully saturated rings. The first kappa shape index (κ1) is 22.5. The molecule has 5 heteroatoms. The molecule has 4 nitrogen and oxygen atoms in total. The molecule has 0 unspecified atom stereocenters. The molecule has 0 amide bonds. The van der Waals surface area contributed by atoms with E-state index < -0.39 is 16.6 Å². The van der Waals surface area contributed by atoms with E-state index in [0.717, 1.165) is 0 Å². The molecule has 0 N–H and O–H groups in total. The maximum Gasteiger partial charge on any atom is 0.163 e. The largest absolute Gasteiger partial charge is 0.376 e. The first-order chi connectivity index (χ1) is 12.5. The van der Waals surface area contributed by atoms with Gasteiger partial charge in [0, 0.05) is 27.4 Å². The van der Waals surface area contributed by atoms with Crippen molar-refractivity contribution in [2.75, 3.05) is 12.4 Å². The van der Waals surface area contributed by atoms with E-state index in [1.54, 1.807) is 0 Å². The second-order valence-corrected chi connectivity index (χ2v) is 11.3. The summed E-state index contributed by atoms with van der Waals surface area (Å²) in [6.07, 6.45) is -0.0816. The summed E-state index contributed by atoms with van der Waals surface area (Å²) in [7, 11) is -0.959. The molecule has 27 heavy (non-hydrogen) atoms. The lowest BCUT2D eigenvalue weighted by molar-refractivity contribution is -0.324. The summed E-state index contributed by atoms with van der Waals surface area (Å²) < 4.78 is 30.8. The lowest BCUT2D eigenvalue weighted by Crippen LogP contribution is -2.54. The van der Waals surface area contributed by atoms with Crippen LogP contribution in [-0.4, -0.2) is 39.3 Å². The Morgan fingerprint density at radius 1 is 1.19 bits per heavy atom. The van der Waals surface area contributed by atoms with Gasteiger partial charge in [0.15, 0.2) is 5.79 Å². The Hall–Kier alpha value is -0.750. The summed E-state index contributed by atoms with van der Waals surface area (Å²) >= 11 is 0. The highest BCUT2D eigenvalue weighted by molar-refractivity contribution is 7.86. The van der Waals surface area contributed by atoms with E-state index in [1.165, 1.54) is 5.56 Å². The van der Waals surface area contributed by atoms with Gasteiger partial charge in [0.25, 0.3) is 0 Å². The fraction of sp³-hybridized carbons (Fsp3) is 0.727. The van der Waals surface area contributed by atoms with Crippen LogP contribution in [0.5, 0.6) is 0 Å². The molecule has 2 rings (SSSR count). The van der Waals surface area contributed by atoms with Crippen molar-refractivity contribution in [3.63, 3.8) is 0 Å². The van der Waals surface area contributed by atoms with Gasteiger partial charge in [-0.2, -0.15) is 0 Å². The molecule has 0 aliphatic carbocycles. The smallest absolute Gasteiger partial charge is 0.163 e. The molecule has 154 valence electrons. The van der Waals surface area contributed by atoms with Crippen molar-refractivity contribution < 1.29 is 18.4 Å². The topological polar surface area (TPSA) is 44.8 Å². The maximum absolute atomic E-state index is 12.7. The summed E-state index contributed by atoms with van der Waals surface area (Å²) in [5.41, 5.74) is 1.17. The molecule has 0 spiro atoms. The van der Waals surface area contributed by atoms with Gasteiger partial charge in [-0.3, -0.25) is 4.21 Å². The van der Waals surface area contributed by atoms with Gasteiger partial charge >= 0.3 is 0 Å². The van der Waals surface area contributed by atoms with Gasteiger partial charge in [0.05, 0.1) is 31.2 Å². The van der Waals surface area contributed by atoms with Crippen molar-refractivity contribution in [2.24, 2.45) is 11.8 Å². The second-order valence-electron chi connectivity index (χ2n) is 9.10. The number of ether oxygens (including phenoxy) is 3. The van der Waals surface area contributed by atoms with Gasteiger partial charge in [0.1, 0.15) is 0 Å². The fourth-order valence-corrected chi connectivity index (χ4v) is 4.57. The van der Waals surface area contributed by atoms with E-state index >= 15 is 0 Å². The third-order valence-electron chi connectivity index (χ3n) is 5.01. The van der Waals surface area contributed by atoms with E-state index in [1.807, 2.05) is 52.8 Å². The van der Waals surface area contributed by atoms with Crippen molar-refractivity contribution in [3.8, 4) is 0 Å². The summed E-state index contributed by atoms with van der Waals surface area (Å²) in [6.45, 7) is 15.4. The van der Waals surface area contributed by atoms with Crippen LogP contribution in [0.3, 0.4) is 0 Å². The number of hydrogen-bond donors (Lipinski definition) is 0. The Kier molecular flexibility index (Phi) is 7.65. The molecule has 1 saturated heterocycles. The number of benzene rings is 1. The molecule has 0 bridgehead atoms. The highest BCUT2D eigenvalue weighted by Crippen LogP contribution is 2.35. The minimum atomic E-state index is -0.959.